The Bertz CT molecular complexity index is 705. The third kappa shape index (κ3) is 2.50. The van der Waals surface area contributed by atoms with Crippen LogP contribution >= 0.6 is 0 Å². The van der Waals surface area contributed by atoms with Gasteiger partial charge in [-0.25, -0.2) is 4.98 Å². The van der Waals surface area contributed by atoms with Crippen LogP contribution in [0.1, 0.15) is 19.0 Å². The number of nitrogens with one attached hydrogen (secondary N) is 1. The second kappa shape index (κ2) is 5.75. The quantitative estimate of drug-likeness (QED) is 0.713. The van der Waals surface area contributed by atoms with Crippen molar-refractivity contribution in [3.05, 3.63) is 42.4 Å². The highest BCUT2D eigenvalue weighted by atomic mass is 15.4. The first kappa shape index (κ1) is 12.7. The Morgan fingerprint density at radius 2 is 2.10 bits per heavy atom. The van der Waals surface area contributed by atoms with Crippen molar-refractivity contribution in [1.29, 1.82) is 0 Å². The minimum absolute atomic E-state index is 0.689. The summed E-state index contributed by atoms with van der Waals surface area (Å²) in [7, 11) is 0. The number of aromatic nitrogens is 5. The molecule has 6 heteroatoms. The normalized spacial score (nSPS) is 11.1. The number of rotatable bonds is 5. The van der Waals surface area contributed by atoms with Crippen molar-refractivity contribution < 1.29 is 0 Å². The third-order valence-electron chi connectivity index (χ3n) is 2.97. The summed E-state index contributed by atoms with van der Waals surface area (Å²) >= 11 is 0. The van der Waals surface area contributed by atoms with E-state index in [2.05, 4.69) is 32.5 Å². The number of hydrogen-bond donors (Lipinski definition) is 1. The third-order valence-corrected chi connectivity index (χ3v) is 2.97. The minimum Gasteiger partial charge on any atom is -0.311 e. The highest BCUT2D eigenvalue weighted by Crippen LogP contribution is 2.13. The molecule has 0 aliphatic heterocycles. The summed E-state index contributed by atoms with van der Waals surface area (Å²) in [5.41, 5.74) is 2.68. The molecule has 0 atom stereocenters. The molecule has 0 saturated heterocycles. The van der Waals surface area contributed by atoms with E-state index in [1.54, 1.807) is 17.1 Å². The summed E-state index contributed by atoms with van der Waals surface area (Å²) in [5, 5.41) is 11.6. The van der Waals surface area contributed by atoms with Crippen LogP contribution in [0.2, 0.25) is 0 Å². The molecule has 6 nitrogen and oxygen atoms in total. The van der Waals surface area contributed by atoms with Gasteiger partial charge in [0.05, 0.1) is 17.4 Å². The Morgan fingerprint density at radius 3 is 3.00 bits per heavy atom. The van der Waals surface area contributed by atoms with Gasteiger partial charge < -0.3 is 5.32 Å². The lowest BCUT2D eigenvalue weighted by molar-refractivity contribution is 0.657. The molecule has 0 radical (unpaired) electrons. The van der Waals surface area contributed by atoms with Gasteiger partial charge in [0.2, 0.25) is 0 Å². The fourth-order valence-electron chi connectivity index (χ4n) is 2.01. The molecule has 0 aliphatic rings. The molecule has 20 heavy (non-hydrogen) atoms. The number of para-hydroxylation sites is 1. The van der Waals surface area contributed by atoms with Crippen LogP contribution < -0.4 is 5.32 Å². The van der Waals surface area contributed by atoms with E-state index in [0.717, 1.165) is 29.7 Å². The summed E-state index contributed by atoms with van der Waals surface area (Å²) in [6, 6.07) is 7.80. The predicted octanol–water partition coefficient (Wildman–Crippen LogP) is 1.71. The van der Waals surface area contributed by atoms with Crippen LogP contribution in [0.3, 0.4) is 0 Å². The van der Waals surface area contributed by atoms with Gasteiger partial charge in [-0.3, -0.25) is 4.98 Å². The lowest BCUT2D eigenvalue weighted by Gasteiger charge is -2.05. The lowest BCUT2D eigenvalue weighted by atomic mass is 10.3. The highest BCUT2D eigenvalue weighted by molar-refractivity contribution is 5.75. The van der Waals surface area contributed by atoms with E-state index in [9.17, 15) is 0 Å². The van der Waals surface area contributed by atoms with Crippen LogP contribution in [-0.4, -0.2) is 31.5 Å². The summed E-state index contributed by atoms with van der Waals surface area (Å²) < 4.78 is 1.71. The van der Waals surface area contributed by atoms with Crippen LogP contribution in [0, 0.1) is 0 Å². The Morgan fingerprint density at radius 1 is 1.20 bits per heavy atom. The van der Waals surface area contributed by atoms with Gasteiger partial charge in [-0.05, 0) is 25.1 Å². The van der Waals surface area contributed by atoms with E-state index in [1.165, 1.54) is 0 Å². The van der Waals surface area contributed by atoms with Gasteiger partial charge in [-0.2, -0.15) is 4.68 Å². The Hall–Kier alpha value is -2.34. The van der Waals surface area contributed by atoms with Gasteiger partial charge in [0, 0.05) is 12.7 Å². The van der Waals surface area contributed by atoms with Crippen LogP contribution in [0.25, 0.3) is 16.9 Å². The molecule has 3 rings (SSSR count). The molecule has 0 unspecified atom stereocenters. The second-order valence-corrected chi connectivity index (χ2v) is 4.54. The van der Waals surface area contributed by atoms with Gasteiger partial charge in [-0.15, -0.1) is 5.10 Å². The summed E-state index contributed by atoms with van der Waals surface area (Å²) in [6.07, 6.45) is 4.57. The van der Waals surface area contributed by atoms with Crippen molar-refractivity contribution in [3.63, 3.8) is 0 Å². The van der Waals surface area contributed by atoms with E-state index < -0.39 is 0 Å². The zero-order valence-electron chi connectivity index (χ0n) is 11.3. The number of benzene rings is 1. The van der Waals surface area contributed by atoms with Crippen molar-refractivity contribution in [2.45, 2.75) is 19.9 Å². The number of fused-ring (bicyclic) bond motifs is 1. The average molecular weight is 268 g/mol. The maximum Gasteiger partial charge on any atom is 0.174 e. The van der Waals surface area contributed by atoms with Crippen molar-refractivity contribution in [2.75, 3.05) is 6.54 Å². The number of nitrogens with zero attached hydrogens (tertiary/aromatic N) is 5. The van der Waals surface area contributed by atoms with Gasteiger partial charge in [0.1, 0.15) is 5.52 Å². The van der Waals surface area contributed by atoms with E-state index in [-0.39, 0.29) is 0 Å². The maximum atomic E-state index is 4.57. The summed E-state index contributed by atoms with van der Waals surface area (Å²) in [4.78, 5) is 8.81. The first-order chi connectivity index (χ1) is 9.88. The fraction of sp³-hybridized carbons (Fsp3) is 0.286. The molecule has 1 aromatic carbocycles. The topological polar surface area (TPSA) is 68.5 Å². The molecular weight excluding hydrogens is 252 g/mol. The van der Waals surface area contributed by atoms with Gasteiger partial charge in [0.15, 0.2) is 5.82 Å². The van der Waals surface area contributed by atoms with E-state index in [4.69, 9.17) is 0 Å². The molecule has 0 spiro atoms. The molecule has 0 amide bonds. The Kier molecular flexibility index (Phi) is 3.64. The standard InChI is InChI=1S/C14H16N6/c1-2-7-15-8-11-9-16-10-14(17-11)20-13-6-4-3-5-12(13)18-19-20/h3-6,9-10,15H,2,7-8H2,1H3. The number of hydrogen-bond acceptors (Lipinski definition) is 5. The molecule has 0 saturated carbocycles. The first-order valence-electron chi connectivity index (χ1n) is 6.71. The van der Waals surface area contributed by atoms with Crippen molar-refractivity contribution in [3.8, 4) is 5.82 Å². The summed E-state index contributed by atoms with van der Waals surface area (Å²) in [6.45, 7) is 3.82. The smallest absolute Gasteiger partial charge is 0.174 e. The van der Waals surface area contributed by atoms with Crippen LogP contribution in [-0.2, 0) is 6.54 Å². The molecule has 1 N–H and O–H groups in total. The Balaban J connectivity index is 1.92. The molecule has 0 bridgehead atoms. The second-order valence-electron chi connectivity index (χ2n) is 4.54. The zero-order chi connectivity index (χ0) is 13.8. The van der Waals surface area contributed by atoms with Gasteiger partial charge in [-0.1, -0.05) is 24.3 Å². The molecular formula is C14H16N6. The van der Waals surface area contributed by atoms with Crippen molar-refractivity contribution in [2.24, 2.45) is 0 Å². The van der Waals surface area contributed by atoms with Crippen LogP contribution in [0.15, 0.2) is 36.7 Å². The fourth-order valence-corrected chi connectivity index (χ4v) is 2.01. The zero-order valence-corrected chi connectivity index (χ0v) is 11.3. The largest absolute Gasteiger partial charge is 0.311 e. The average Bonchev–Trinajstić information content (AvgIpc) is 2.92. The van der Waals surface area contributed by atoms with E-state index in [1.807, 2.05) is 24.3 Å². The van der Waals surface area contributed by atoms with Crippen molar-refractivity contribution >= 4 is 11.0 Å². The monoisotopic (exact) mass is 268 g/mol. The molecule has 102 valence electrons. The molecule has 2 aromatic heterocycles. The predicted molar refractivity (Wildman–Crippen MR) is 76.5 cm³/mol. The van der Waals surface area contributed by atoms with Gasteiger partial charge in [0.25, 0.3) is 0 Å². The van der Waals surface area contributed by atoms with E-state index >= 15 is 0 Å². The van der Waals surface area contributed by atoms with Crippen molar-refractivity contribution in [1.82, 2.24) is 30.3 Å². The first-order valence-corrected chi connectivity index (χ1v) is 6.71. The van der Waals surface area contributed by atoms with Gasteiger partial charge >= 0.3 is 0 Å². The maximum absolute atomic E-state index is 4.57. The molecule has 0 aliphatic carbocycles. The lowest BCUT2D eigenvalue weighted by Crippen LogP contribution is -2.15. The molecule has 2 heterocycles. The SMILES string of the molecule is CCCNCc1cncc(-n2nnc3ccccc32)n1. The van der Waals surface area contributed by atoms with Crippen LogP contribution in [0.4, 0.5) is 0 Å². The molecule has 3 aromatic rings. The van der Waals surface area contributed by atoms with Crippen LogP contribution in [0.5, 0.6) is 0 Å². The summed E-state index contributed by atoms with van der Waals surface area (Å²) in [5.74, 6) is 0.689. The Labute approximate surface area is 116 Å². The minimum atomic E-state index is 0.689. The van der Waals surface area contributed by atoms with E-state index in [0.29, 0.717) is 12.4 Å². The highest BCUT2D eigenvalue weighted by Gasteiger charge is 2.07. The molecule has 0 fully saturated rings.